The number of aryl methyl sites for hydroxylation is 1. The van der Waals surface area contributed by atoms with E-state index in [9.17, 15) is 31.2 Å². The maximum absolute atomic E-state index is 13.1. The van der Waals surface area contributed by atoms with Crippen molar-refractivity contribution in [2.24, 2.45) is 0 Å². The number of anilines is 4. The number of rotatable bonds is 11. The van der Waals surface area contributed by atoms with E-state index in [4.69, 9.17) is 0 Å². The lowest BCUT2D eigenvalue weighted by molar-refractivity contribution is -0.137. The van der Waals surface area contributed by atoms with Gasteiger partial charge in [-0.25, -0.2) is 18.4 Å². The summed E-state index contributed by atoms with van der Waals surface area (Å²) in [6, 6.07) is 15.0. The predicted molar refractivity (Wildman–Crippen MR) is 173 cm³/mol. The van der Waals surface area contributed by atoms with Crippen molar-refractivity contribution in [3.63, 3.8) is 0 Å². The van der Waals surface area contributed by atoms with E-state index in [1.165, 1.54) is 24.5 Å². The molecule has 0 spiro atoms. The summed E-state index contributed by atoms with van der Waals surface area (Å²) in [4.78, 5) is 36.6. The predicted octanol–water partition coefficient (Wildman–Crippen LogP) is 6.31. The lowest BCUT2D eigenvalue weighted by Crippen LogP contribution is -2.22. The lowest BCUT2D eigenvalue weighted by Gasteiger charge is -2.14. The second-order valence-electron chi connectivity index (χ2n) is 11.2. The molecule has 1 aliphatic heterocycles. The van der Waals surface area contributed by atoms with E-state index in [1.54, 1.807) is 43.3 Å². The number of carbonyl (C=O) groups excluding carboxylic acids is 2. The Labute approximate surface area is 270 Å². The van der Waals surface area contributed by atoms with Crippen molar-refractivity contribution in [3.8, 4) is 0 Å². The number of halogens is 3. The van der Waals surface area contributed by atoms with Crippen molar-refractivity contribution in [2.45, 2.75) is 37.3 Å². The number of alkyl halides is 3. The van der Waals surface area contributed by atoms with Crippen molar-refractivity contribution >= 4 is 44.7 Å². The minimum Gasteiger partial charge on any atom is -0.324 e. The molecular weight excluding hydrogens is 633 g/mol. The highest BCUT2D eigenvalue weighted by molar-refractivity contribution is 7.91. The normalized spacial score (nSPS) is 13.7. The van der Waals surface area contributed by atoms with Gasteiger partial charge in [-0.05, 0) is 106 Å². The van der Waals surface area contributed by atoms with Gasteiger partial charge in [-0.1, -0.05) is 12.1 Å². The highest BCUT2D eigenvalue weighted by Crippen LogP contribution is 2.30. The first-order chi connectivity index (χ1) is 22.4. The van der Waals surface area contributed by atoms with Crippen molar-refractivity contribution in [1.29, 1.82) is 0 Å². The molecule has 1 saturated heterocycles. The van der Waals surface area contributed by atoms with Crippen LogP contribution in [0, 0.1) is 6.92 Å². The Balaban J connectivity index is 1.16. The van der Waals surface area contributed by atoms with Gasteiger partial charge in [0.1, 0.15) is 0 Å². The van der Waals surface area contributed by atoms with Crippen molar-refractivity contribution in [1.82, 2.24) is 14.9 Å². The van der Waals surface area contributed by atoms with E-state index >= 15 is 0 Å². The maximum atomic E-state index is 13.1. The molecule has 4 aromatic rings. The number of likely N-dealkylation sites (tertiary alicyclic amines) is 1. The fourth-order valence-corrected chi connectivity index (χ4v) is 6.41. The molecule has 246 valence electrons. The van der Waals surface area contributed by atoms with E-state index in [1.807, 2.05) is 0 Å². The molecule has 3 N–H and O–H groups in total. The second kappa shape index (κ2) is 14.3. The van der Waals surface area contributed by atoms with Crippen molar-refractivity contribution in [2.75, 3.05) is 41.3 Å². The molecular formula is C33H33F3N6O4S. The van der Waals surface area contributed by atoms with Crippen LogP contribution in [0.1, 0.15) is 51.1 Å². The van der Waals surface area contributed by atoms with Gasteiger partial charge in [0.05, 0.1) is 34.3 Å². The van der Waals surface area contributed by atoms with Crippen LogP contribution in [0.25, 0.3) is 0 Å². The minimum atomic E-state index is -4.59. The maximum Gasteiger partial charge on any atom is 0.416 e. The van der Waals surface area contributed by atoms with Crippen LogP contribution in [0.2, 0.25) is 0 Å². The first kappa shape index (κ1) is 33.5. The third-order valence-electron chi connectivity index (χ3n) is 7.66. The van der Waals surface area contributed by atoms with Crippen LogP contribution in [0.4, 0.5) is 36.2 Å². The fraction of sp³-hybridized carbons (Fsp3) is 0.273. The highest BCUT2D eigenvalue weighted by Gasteiger charge is 2.31. The number of hydrogen-bond donors (Lipinski definition) is 3. The van der Waals surface area contributed by atoms with Crippen LogP contribution in [0.15, 0.2) is 84.0 Å². The Bertz CT molecular complexity index is 1840. The summed E-state index contributed by atoms with van der Waals surface area (Å²) in [7, 11) is -3.40. The first-order valence-corrected chi connectivity index (χ1v) is 16.6. The van der Waals surface area contributed by atoms with Gasteiger partial charge in [-0.3, -0.25) is 9.59 Å². The van der Waals surface area contributed by atoms with Gasteiger partial charge < -0.3 is 20.9 Å². The Morgan fingerprint density at radius 3 is 2.19 bits per heavy atom. The van der Waals surface area contributed by atoms with Crippen LogP contribution >= 0.6 is 0 Å². The molecule has 0 atom stereocenters. The number of carbonyl (C=O) groups is 2. The van der Waals surface area contributed by atoms with Gasteiger partial charge in [0.2, 0.25) is 5.95 Å². The highest BCUT2D eigenvalue weighted by atomic mass is 32.2. The Kier molecular flexibility index (Phi) is 10.2. The number of aromatic nitrogens is 2. The van der Waals surface area contributed by atoms with Crippen LogP contribution in [0.5, 0.6) is 0 Å². The Hall–Kier alpha value is -4.82. The van der Waals surface area contributed by atoms with E-state index in [2.05, 4.69) is 30.8 Å². The number of hydrogen-bond acceptors (Lipinski definition) is 8. The molecule has 0 saturated carbocycles. The van der Waals surface area contributed by atoms with Gasteiger partial charge in [0.25, 0.3) is 11.8 Å². The zero-order chi connectivity index (χ0) is 33.6. The van der Waals surface area contributed by atoms with Gasteiger partial charge in [-0.15, -0.1) is 0 Å². The zero-order valence-electron chi connectivity index (χ0n) is 25.5. The third kappa shape index (κ3) is 8.92. The number of amides is 2. The summed E-state index contributed by atoms with van der Waals surface area (Å²) in [6.45, 7) is 4.54. The van der Waals surface area contributed by atoms with Crippen LogP contribution < -0.4 is 16.0 Å². The quantitative estimate of drug-likeness (QED) is 0.170. The van der Waals surface area contributed by atoms with Gasteiger partial charge >= 0.3 is 6.18 Å². The van der Waals surface area contributed by atoms with Crippen LogP contribution in [-0.4, -0.2) is 60.5 Å². The summed E-state index contributed by atoms with van der Waals surface area (Å²) < 4.78 is 64.6. The molecule has 0 aliphatic carbocycles. The average Bonchev–Trinajstić information content (AvgIpc) is 3.56. The number of benzene rings is 3. The van der Waals surface area contributed by atoms with E-state index in [0.29, 0.717) is 17.7 Å². The summed E-state index contributed by atoms with van der Waals surface area (Å²) >= 11 is 0. The van der Waals surface area contributed by atoms with Gasteiger partial charge in [0, 0.05) is 22.5 Å². The first-order valence-electron chi connectivity index (χ1n) is 14.9. The van der Waals surface area contributed by atoms with Crippen LogP contribution in [-0.2, 0) is 16.0 Å². The molecule has 1 aliphatic rings. The van der Waals surface area contributed by atoms with Crippen molar-refractivity contribution in [3.05, 3.63) is 101 Å². The molecule has 0 bridgehead atoms. The summed E-state index contributed by atoms with van der Waals surface area (Å²) in [5.74, 6) is -0.962. The molecule has 47 heavy (non-hydrogen) atoms. The molecule has 0 unspecified atom stereocenters. The monoisotopic (exact) mass is 666 g/mol. The van der Waals surface area contributed by atoms with E-state index in [0.717, 1.165) is 50.7 Å². The summed E-state index contributed by atoms with van der Waals surface area (Å²) in [5, 5.41) is 8.21. The molecule has 0 radical (unpaired) electrons. The summed E-state index contributed by atoms with van der Waals surface area (Å²) in [5.41, 5.74) is 0.781. The number of nitrogens with zero attached hydrogens (tertiary/aromatic N) is 3. The lowest BCUT2D eigenvalue weighted by atomic mass is 10.1. The van der Waals surface area contributed by atoms with Gasteiger partial charge in [0.15, 0.2) is 9.84 Å². The topological polar surface area (TPSA) is 133 Å². The molecule has 14 heteroatoms. The summed E-state index contributed by atoms with van der Waals surface area (Å²) in [6.07, 6.45) is 1.11. The number of sulfone groups is 1. The SMILES string of the molecule is Cc1ccc(NC(=O)c2cccc(C(F)(F)F)c2)cc1C(=O)Nc1cnc(Nc2ccc(S(=O)(=O)CCCN3CCCC3)cc2)nc1. The number of nitrogens with one attached hydrogen (secondary N) is 3. The minimum absolute atomic E-state index is 0.0881. The average molecular weight is 667 g/mol. The Morgan fingerprint density at radius 1 is 0.851 bits per heavy atom. The smallest absolute Gasteiger partial charge is 0.324 e. The van der Waals surface area contributed by atoms with E-state index in [-0.39, 0.29) is 39.1 Å². The molecule has 2 amide bonds. The van der Waals surface area contributed by atoms with Gasteiger partial charge in [-0.2, -0.15) is 13.2 Å². The fourth-order valence-electron chi connectivity index (χ4n) is 5.12. The Morgan fingerprint density at radius 2 is 1.51 bits per heavy atom. The van der Waals surface area contributed by atoms with Crippen molar-refractivity contribution < 1.29 is 31.2 Å². The molecule has 1 aromatic heterocycles. The molecule has 5 rings (SSSR count). The second-order valence-corrected chi connectivity index (χ2v) is 13.3. The molecule has 1 fully saturated rings. The molecule has 2 heterocycles. The zero-order valence-corrected chi connectivity index (χ0v) is 26.3. The molecule has 3 aromatic carbocycles. The third-order valence-corrected chi connectivity index (χ3v) is 9.47. The standard InChI is InChI=1S/C33H33F3N6O4S/c1-22-8-9-26(39-30(43)23-6-4-7-24(18-23)33(34,35)36)19-29(22)31(44)40-27-20-37-32(38-21-27)41-25-10-12-28(13-11-25)47(45,46)17-5-16-42-14-2-3-15-42/h4,6-13,18-21H,2-3,5,14-17H2,1H3,(H,39,43)(H,40,44)(H,37,38,41). The van der Waals surface area contributed by atoms with Crippen LogP contribution in [0.3, 0.4) is 0 Å². The van der Waals surface area contributed by atoms with E-state index < -0.39 is 33.4 Å². The largest absolute Gasteiger partial charge is 0.416 e. The molecule has 10 nitrogen and oxygen atoms in total.